The normalized spacial score (nSPS) is 12.9. The molecule has 1 aromatic carbocycles. The van der Waals surface area contributed by atoms with Crippen molar-refractivity contribution in [1.29, 1.82) is 0 Å². The second-order valence-corrected chi connectivity index (χ2v) is 4.37. The van der Waals surface area contributed by atoms with Crippen molar-refractivity contribution in [1.82, 2.24) is 5.32 Å². The molecule has 0 aliphatic heterocycles. The third-order valence-electron chi connectivity index (χ3n) is 2.40. The third kappa shape index (κ3) is 5.44. The summed E-state index contributed by atoms with van der Waals surface area (Å²) in [6.07, 6.45) is -4.40. The highest BCUT2D eigenvalue weighted by Gasteiger charge is 2.30. The Morgan fingerprint density at radius 1 is 1.42 bits per heavy atom. The molecule has 7 heteroatoms. The summed E-state index contributed by atoms with van der Waals surface area (Å²) >= 11 is 4.98. The van der Waals surface area contributed by atoms with Gasteiger partial charge in [-0.1, -0.05) is 6.07 Å². The second-order valence-electron chi connectivity index (χ2n) is 3.96. The van der Waals surface area contributed by atoms with E-state index in [4.69, 9.17) is 17.0 Å². The molecule has 0 heterocycles. The summed E-state index contributed by atoms with van der Waals surface area (Å²) in [7, 11) is 1.57. The van der Waals surface area contributed by atoms with Gasteiger partial charge in [-0.25, -0.2) is 0 Å². The first-order valence-corrected chi connectivity index (χ1v) is 5.98. The molecule has 2 N–H and O–H groups in total. The zero-order chi connectivity index (χ0) is 14.5. The zero-order valence-electron chi connectivity index (χ0n) is 10.5. The van der Waals surface area contributed by atoms with Gasteiger partial charge in [0.15, 0.2) is 5.11 Å². The van der Waals surface area contributed by atoms with Crippen LogP contribution in [0.4, 0.5) is 18.9 Å². The number of methoxy groups -OCH3 is 1. The van der Waals surface area contributed by atoms with E-state index in [9.17, 15) is 13.2 Å². The molecule has 1 aromatic rings. The summed E-state index contributed by atoms with van der Waals surface area (Å²) in [5.74, 6) is 0. The van der Waals surface area contributed by atoms with Crippen LogP contribution in [0.25, 0.3) is 0 Å². The predicted molar refractivity (Wildman–Crippen MR) is 72.1 cm³/mol. The van der Waals surface area contributed by atoms with Crippen LogP contribution in [-0.4, -0.2) is 24.9 Å². The number of thiocarbonyl (C=S) groups is 1. The summed E-state index contributed by atoms with van der Waals surface area (Å²) in [6, 6.07) is 4.86. The van der Waals surface area contributed by atoms with E-state index < -0.39 is 11.7 Å². The highest BCUT2D eigenvalue weighted by molar-refractivity contribution is 7.80. The number of alkyl halides is 3. The number of anilines is 1. The highest BCUT2D eigenvalue weighted by atomic mass is 32.1. The molecule has 19 heavy (non-hydrogen) atoms. The smallest absolute Gasteiger partial charge is 0.380 e. The number of nitrogens with one attached hydrogen (secondary N) is 2. The average molecular weight is 292 g/mol. The molecule has 1 rings (SSSR count). The van der Waals surface area contributed by atoms with Crippen LogP contribution < -0.4 is 10.6 Å². The number of rotatable bonds is 4. The quantitative estimate of drug-likeness (QED) is 0.836. The van der Waals surface area contributed by atoms with Gasteiger partial charge in [0.1, 0.15) is 0 Å². The van der Waals surface area contributed by atoms with Gasteiger partial charge in [0.05, 0.1) is 11.7 Å². The fourth-order valence-electron chi connectivity index (χ4n) is 1.27. The molecule has 0 saturated heterocycles. The molecule has 0 fully saturated rings. The molecule has 0 aromatic heterocycles. The lowest BCUT2D eigenvalue weighted by Crippen LogP contribution is -2.34. The molecule has 1 unspecified atom stereocenters. The van der Waals surface area contributed by atoms with E-state index in [0.29, 0.717) is 6.54 Å². The Balaban J connectivity index is 2.60. The largest absolute Gasteiger partial charge is 0.416 e. The lowest BCUT2D eigenvalue weighted by atomic mass is 10.2. The molecule has 106 valence electrons. The van der Waals surface area contributed by atoms with E-state index in [1.807, 2.05) is 6.92 Å². The van der Waals surface area contributed by atoms with Crippen molar-refractivity contribution < 1.29 is 17.9 Å². The Hall–Kier alpha value is -1.34. The van der Waals surface area contributed by atoms with Crippen LogP contribution in [0.5, 0.6) is 0 Å². The number of hydrogen-bond acceptors (Lipinski definition) is 2. The van der Waals surface area contributed by atoms with Crippen LogP contribution in [0.2, 0.25) is 0 Å². The summed E-state index contributed by atoms with van der Waals surface area (Å²) in [5, 5.41) is 5.81. The Kier molecular flexibility index (Phi) is 5.56. The lowest BCUT2D eigenvalue weighted by Gasteiger charge is -2.15. The monoisotopic (exact) mass is 292 g/mol. The Bertz CT molecular complexity index is 437. The molecule has 0 spiro atoms. The van der Waals surface area contributed by atoms with Gasteiger partial charge in [0.25, 0.3) is 0 Å². The topological polar surface area (TPSA) is 33.3 Å². The van der Waals surface area contributed by atoms with E-state index >= 15 is 0 Å². The lowest BCUT2D eigenvalue weighted by molar-refractivity contribution is -0.137. The van der Waals surface area contributed by atoms with E-state index in [1.54, 1.807) is 7.11 Å². The third-order valence-corrected chi connectivity index (χ3v) is 2.65. The van der Waals surface area contributed by atoms with E-state index in [-0.39, 0.29) is 16.9 Å². The molecule has 0 amide bonds. The number of hydrogen-bond donors (Lipinski definition) is 2. The Labute approximate surface area is 115 Å². The number of ether oxygens (including phenoxy) is 1. The van der Waals surface area contributed by atoms with Crippen molar-refractivity contribution in [3.8, 4) is 0 Å². The van der Waals surface area contributed by atoms with E-state index in [2.05, 4.69) is 10.6 Å². The van der Waals surface area contributed by atoms with Gasteiger partial charge in [0.2, 0.25) is 0 Å². The molecule has 0 saturated carbocycles. The minimum Gasteiger partial charge on any atom is -0.380 e. The standard InChI is InChI=1S/C12H15F3N2OS/c1-8(18-2)7-16-11(19)17-10-5-3-4-9(6-10)12(13,14)15/h3-6,8H,7H2,1-2H3,(H2,16,17,19). The fraction of sp³-hybridized carbons (Fsp3) is 0.417. The van der Waals surface area contributed by atoms with Crippen molar-refractivity contribution in [3.05, 3.63) is 29.8 Å². The second kappa shape index (κ2) is 6.72. The predicted octanol–water partition coefficient (Wildman–Crippen LogP) is 3.03. The molecule has 1 atom stereocenters. The first-order valence-electron chi connectivity index (χ1n) is 5.58. The fourth-order valence-corrected chi connectivity index (χ4v) is 1.47. The summed E-state index contributed by atoms with van der Waals surface area (Å²) in [4.78, 5) is 0. The van der Waals surface area contributed by atoms with Crippen molar-refractivity contribution in [2.24, 2.45) is 0 Å². The maximum absolute atomic E-state index is 12.5. The van der Waals surface area contributed by atoms with Crippen LogP contribution in [-0.2, 0) is 10.9 Å². The summed E-state index contributed by atoms with van der Waals surface area (Å²) < 4.78 is 42.6. The minimum atomic E-state index is -4.36. The van der Waals surface area contributed by atoms with Gasteiger partial charge < -0.3 is 15.4 Å². The van der Waals surface area contributed by atoms with Gasteiger partial charge in [-0.05, 0) is 37.3 Å². The molecule has 0 aliphatic rings. The summed E-state index contributed by atoms with van der Waals surface area (Å²) in [5.41, 5.74) is -0.428. The number of benzene rings is 1. The van der Waals surface area contributed by atoms with Gasteiger partial charge in [-0.3, -0.25) is 0 Å². The maximum atomic E-state index is 12.5. The van der Waals surface area contributed by atoms with E-state index in [1.165, 1.54) is 12.1 Å². The van der Waals surface area contributed by atoms with Crippen molar-refractivity contribution >= 4 is 23.0 Å². The van der Waals surface area contributed by atoms with E-state index in [0.717, 1.165) is 12.1 Å². The van der Waals surface area contributed by atoms with Crippen LogP contribution in [0, 0.1) is 0 Å². The first-order chi connectivity index (χ1) is 8.82. The van der Waals surface area contributed by atoms with Crippen LogP contribution in [0.15, 0.2) is 24.3 Å². The van der Waals surface area contributed by atoms with Crippen LogP contribution in [0.3, 0.4) is 0 Å². The summed E-state index contributed by atoms with van der Waals surface area (Å²) in [6.45, 7) is 2.32. The molecule has 0 radical (unpaired) electrons. The molecular weight excluding hydrogens is 277 g/mol. The van der Waals surface area contributed by atoms with Crippen molar-refractivity contribution in [3.63, 3.8) is 0 Å². The zero-order valence-corrected chi connectivity index (χ0v) is 11.4. The highest BCUT2D eigenvalue weighted by Crippen LogP contribution is 2.30. The SMILES string of the molecule is COC(C)CNC(=S)Nc1cccc(C(F)(F)F)c1. The number of halogens is 3. The first kappa shape index (κ1) is 15.7. The minimum absolute atomic E-state index is 0.0405. The average Bonchev–Trinajstić information content (AvgIpc) is 2.35. The van der Waals surface area contributed by atoms with Gasteiger partial charge in [-0.15, -0.1) is 0 Å². The van der Waals surface area contributed by atoms with Crippen LogP contribution in [0.1, 0.15) is 12.5 Å². The van der Waals surface area contributed by atoms with Gasteiger partial charge in [-0.2, -0.15) is 13.2 Å². The van der Waals surface area contributed by atoms with Gasteiger partial charge in [0, 0.05) is 19.3 Å². The molecular formula is C12H15F3N2OS. The van der Waals surface area contributed by atoms with Crippen molar-refractivity contribution in [2.75, 3.05) is 19.0 Å². The Morgan fingerprint density at radius 2 is 2.11 bits per heavy atom. The molecule has 0 bridgehead atoms. The Morgan fingerprint density at radius 3 is 2.68 bits per heavy atom. The van der Waals surface area contributed by atoms with Crippen molar-refractivity contribution in [2.45, 2.75) is 19.2 Å². The van der Waals surface area contributed by atoms with Gasteiger partial charge >= 0.3 is 6.18 Å². The van der Waals surface area contributed by atoms with Crippen LogP contribution >= 0.6 is 12.2 Å². The molecule has 3 nitrogen and oxygen atoms in total. The maximum Gasteiger partial charge on any atom is 0.416 e. The molecule has 0 aliphatic carbocycles.